The van der Waals surface area contributed by atoms with Gasteiger partial charge in [-0.2, -0.15) is 5.10 Å². The Morgan fingerprint density at radius 1 is 1.26 bits per heavy atom. The maximum Gasteiger partial charge on any atom is 0.161 e. The van der Waals surface area contributed by atoms with Crippen molar-refractivity contribution in [2.75, 3.05) is 7.11 Å². The van der Waals surface area contributed by atoms with E-state index >= 15 is 0 Å². The van der Waals surface area contributed by atoms with Gasteiger partial charge in [0.25, 0.3) is 0 Å². The van der Waals surface area contributed by atoms with E-state index in [0.717, 1.165) is 17.0 Å². The molecular formula is C14H20N4O. The van der Waals surface area contributed by atoms with Gasteiger partial charge >= 0.3 is 0 Å². The van der Waals surface area contributed by atoms with Gasteiger partial charge in [0.05, 0.1) is 19.3 Å². The number of hydrazine groups is 1. The zero-order valence-electron chi connectivity index (χ0n) is 11.5. The van der Waals surface area contributed by atoms with Gasteiger partial charge in [0.1, 0.15) is 5.69 Å². The lowest BCUT2D eigenvalue weighted by atomic mass is 10.0. The van der Waals surface area contributed by atoms with Crippen LogP contribution in [-0.2, 0) is 0 Å². The molecule has 0 spiro atoms. The summed E-state index contributed by atoms with van der Waals surface area (Å²) in [7, 11) is 1.64. The number of benzene rings is 1. The van der Waals surface area contributed by atoms with Gasteiger partial charge < -0.3 is 4.74 Å². The Kier molecular flexibility index (Phi) is 4.19. The smallest absolute Gasteiger partial charge is 0.161 e. The zero-order valence-corrected chi connectivity index (χ0v) is 11.5. The Morgan fingerprint density at radius 2 is 1.95 bits per heavy atom. The molecule has 102 valence electrons. The number of hydrogen-bond donors (Lipinski definition) is 2. The van der Waals surface area contributed by atoms with Crippen LogP contribution in [0.4, 0.5) is 0 Å². The van der Waals surface area contributed by atoms with Crippen molar-refractivity contribution < 1.29 is 4.74 Å². The number of rotatable bonds is 5. The van der Waals surface area contributed by atoms with Crippen molar-refractivity contribution in [2.45, 2.75) is 25.9 Å². The van der Waals surface area contributed by atoms with Crippen molar-refractivity contribution >= 4 is 0 Å². The van der Waals surface area contributed by atoms with E-state index in [1.54, 1.807) is 13.3 Å². The summed E-state index contributed by atoms with van der Waals surface area (Å²) >= 11 is 0. The monoisotopic (exact) mass is 260 g/mol. The quantitative estimate of drug-likeness (QED) is 0.637. The first-order valence-corrected chi connectivity index (χ1v) is 6.31. The first-order valence-electron chi connectivity index (χ1n) is 6.31. The molecule has 1 aromatic heterocycles. The first kappa shape index (κ1) is 13.6. The van der Waals surface area contributed by atoms with Crippen molar-refractivity contribution in [2.24, 2.45) is 5.84 Å². The third kappa shape index (κ3) is 2.62. The lowest BCUT2D eigenvalue weighted by Crippen LogP contribution is -2.31. The molecule has 5 heteroatoms. The van der Waals surface area contributed by atoms with E-state index in [2.05, 4.69) is 24.4 Å². The largest absolute Gasteiger partial charge is 0.493 e. The fourth-order valence-electron chi connectivity index (χ4n) is 2.18. The highest BCUT2D eigenvalue weighted by atomic mass is 16.5. The van der Waals surface area contributed by atoms with Crippen LogP contribution in [0.25, 0.3) is 0 Å². The number of nitrogens with one attached hydrogen (secondary N) is 1. The molecule has 0 saturated heterocycles. The molecule has 0 aliphatic carbocycles. The molecule has 0 aliphatic heterocycles. The fourth-order valence-corrected chi connectivity index (χ4v) is 2.18. The molecule has 0 bridgehead atoms. The molecule has 2 rings (SSSR count). The highest BCUT2D eigenvalue weighted by molar-refractivity contribution is 5.36. The van der Waals surface area contributed by atoms with E-state index in [4.69, 9.17) is 10.6 Å². The van der Waals surface area contributed by atoms with E-state index in [9.17, 15) is 0 Å². The van der Waals surface area contributed by atoms with Gasteiger partial charge in [-0.05, 0) is 19.4 Å². The zero-order chi connectivity index (χ0) is 13.8. The Morgan fingerprint density at radius 3 is 2.47 bits per heavy atom. The summed E-state index contributed by atoms with van der Waals surface area (Å²) in [5.41, 5.74) is 4.86. The van der Waals surface area contributed by atoms with Crippen molar-refractivity contribution in [3.8, 4) is 5.75 Å². The van der Waals surface area contributed by atoms with Crippen LogP contribution in [0.2, 0.25) is 0 Å². The second-order valence-electron chi connectivity index (χ2n) is 4.65. The van der Waals surface area contributed by atoms with Gasteiger partial charge in [0.15, 0.2) is 5.75 Å². The maximum absolute atomic E-state index is 5.74. The van der Waals surface area contributed by atoms with Crippen molar-refractivity contribution in [3.63, 3.8) is 0 Å². The number of hydrogen-bond acceptors (Lipinski definition) is 4. The van der Waals surface area contributed by atoms with Crippen LogP contribution in [-0.4, -0.2) is 16.9 Å². The third-order valence-electron chi connectivity index (χ3n) is 3.08. The molecule has 1 unspecified atom stereocenters. The maximum atomic E-state index is 5.74. The molecule has 1 atom stereocenters. The van der Waals surface area contributed by atoms with Gasteiger partial charge in [0.2, 0.25) is 0 Å². The first-order chi connectivity index (χ1) is 9.19. The molecule has 3 N–H and O–H groups in total. The minimum atomic E-state index is -0.152. The van der Waals surface area contributed by atoms with Gasteiger partial charge in [-0.25, -0.2) is 5.43 Å². The summed E-state index contributed by atoms with van der Waals surface area (Å²) < 4.78 is 7.33. The summed E-state index contributed by atoms with van der Waals surface area (Å²) in [5.74, 6) is 6.48. The topological polar surface area (TPSA) is 65.1 Å². The molecule has 19 heavy (non-hydrogen) atoms. The lowest BCUT2D eigenvalue weighted by Gasteiger charge is -2.21. The van der Waals surface area contributed by atoms with Crippen LogP contribution < -0.4 is 16.0 Å². The van der Waals surface area contributed by atoms with Crippen LogP contribution in [0.1, 0.15) is 37.2 Å². The normalized spacial score (nSPS) is 12.7. The molecule has 0 radical (unpaired) electrons. The second kappa shape index (κ2) is 5.86. The Hall–Kier alpha value is -1.85. The van der Waals surface area contributed by atoms with E-state index < -0.39 is 0 Å². The summed E-state index contributed by atoms with van der Waals surface area (Å²) in [6, 6.07) is 10.1. The predicted octanol–water partition coefficient (Wildman–Crippen LogP) is 2.03. The summed E-state index contributed by atoms with van der Waals surface area (Å²) in [5, 5.41) is 4.38. The van der Waals surface area contributed by atoms with Crippen LogP contribution >= 0.6 is 0 Å². The molecule has 0 fully saturated rings. The highest BCUT2D eigenvalue weighted by Crippen LogP contribution is 2.31. The fraction of sp³-hybridized carbons (Fsp3) is 0.357. The van der Waals surface area contributed by atoms with Crippen LogP contribution in [0, 0.1) is 0 Å². The number of nitrogens with two attached hydrogens (primary N) is 1. The number of methoxy groups -OCH3 is 1. The standard InChI is InChI=1S/C14H20N4O/c1-10(2)18-14(12(19-3)9-16-18)13(17-15)11-7-5-4-6-8-11/h4-10,13,17H,15H2,1-3H3. The molecule has 1 heterocycles. The molecule has 2 aromatic rings. The molecule has 0 amide bonds. The minimum Gasteiger partial charge on any atom is -0.493 e. The van der Waals surface area contributed by atoms with Gasteiger partial charge in [-0.3, -0.25) is 10.5 Å². The van der Waals surface area contributed by atoms with Crippen LogP contribution in [0.5, 0.6) is 5.75 Å². The average Bonchev–Trinajstić information content (AvgIpc) is 2.85. The molecule has 5 nitrogen and oxygen atoms in total. The summed E-state index contributed by atoms with van der Waals surface area (Å²) in [4.78, 5) is 0. The van der Waals surface area contributed by atoms with Gasteiger partial charge in [0, 0.05) is 6.04 Å². The second-order valence-corrected chi connectivity index (χ2v) is 4.65. The third-order valence-corrected chi connectivity index (χ3v) is 3.08. The van der Waals surface area contributed by atoms with E-state index in [0.29, 0.717) is 0 Å². The van der Waals surface area contributed by atoms with Crippen LogP contribution in [0.3, 0.4) is 0 Å². The Labute approximate surface area is 113 Å². The van der Waals surface area contributed by atoms with E-state index in [1.807, 2.05) is 35.0 Å². The van der Waals surface area contributed by atoms with Crippen molar-refractivity contribution in [3.05, 3.63) is 47.8 Å². The van der Waals surface area contributed by atoms with E-state index in [1.165, 1.54) is 0 Å². The number of ether oxygens (including phenoxy) is 1. The number of nitrogens with zero attached hydrogens (tertiary/aromatic N) is 2. The summed E-state index contributed by atoms with van der Waals surface area (Å²) in [6.45, 7) is 4.16. The molecular weight excluding hydrogens is 240 g/mol. The SMILES string of the molecule is COc1cnn(C(C)C)c1C(NN)c1ccccc1. The Balaban J connectivity index is 2.51. The number of aromatic nitrogens is 2. The van der Waals surface area contributed by atoms with Crippen molar-refractivity contribution in [1.29, 1.82) is 0 Å². The average molecular weight is 260 g/mol. The lowest BCUT2D eigenvalue weighted by molar-refractivity contribution is 0.394. The predicted molar refractivity (Wildman–Crippen MR) is 74.8 cm³/mol. The Bertz CT molecular complexity index is 521. The summed E-state index contributed by atoms with van der Waals surface area (Å²) in [6.07, 6.45) is 1.72. The molecule has 1 aromatic carbocycles. The highest BCUT2D eigenvalue weighted by Gasteiger charge is 2.23. The van der Waals surface area contributed by atoms with Gasteiger partial charge in [-0.1, -0.05) is 30.3 Å². The van der Waals surface area contributed by atoms with E-state index in [-0.39, 0.29) is 12.1 Å². The molecule has 0 saturated carbocycles. The van der Waals surface area contributed by atoms with Gasteiger partial charge in [-0.15, -0.1) is 0 Å². The van der Waals surface area contributed by atoms with Crippen LogP contribution in [0.15, 0.2) is 36.5 Å². The molecule has 0 aliphatic rings. The minimum absolute atomic E-state index is 0.152. The van der Waals surface area contributed by atoms with Crippen molar-refractivity contribution in [1.82, 2.24) is 15.2 Å².